The van der Waals surface area contributed by atoms with Crippen molar-refractivity contribution in [2.24, 2.45) is 0 Å². The molecule has 0 aliphatic heterocycles. The Hall–Kier alpha value is -5.20. The van der Waals surface area contributed by atoms with Crippen LogP contribution in [-0.4, -0.2) is 12.6 Å². The van der Waals surface area contributed by atoms with E-state index in [2.05, 4.69) is 149 Å². The van der Waals surface area contributed by atoms with Crippen molar-refractivity contribution in [2.45, 2.75) is 103 Å². The van der Waals surface area contributed by atoms with E-state index in [0.717, 1.165) is 39.9 Å². The van der Waals surface area contributed by atoms with Crippen LogP contribution in [0.1, 0.15) is 151 Å². The van der Waals surface area contributed by atoms with E-state index in [1.165, 1.54) is 144 Å². The van der Waals surface area contributed by atoms with Crippen LogP contribution in [-0.2, 0) is 23.7 Å². The fourth-order valence-electron chi connectivity index (χ4n) is 10.8. The first-order valence-corrected chi connectivity index (χ1v) is 25.4. The van der Waals surface area contributed by atoms with Gasteiger partial charge >= 0.3 is 0 Å². The lowest BCUT2D eigenvalue weighted by molar-refractivity contribution is 0.111. The van der Waals surface area contributed by atoms with E-state index in [1.54, 1.807) is 22.7 Å². The number of benzene rings is 5. The Bertz CT molecular complexity index is 2960. The van der Waals surface area contributed by atoms with Crippen molar-refractivity contribution in [3.63, 3.8) is 0 Å². The molecule has 0 fully saturated rings. The number of unbranched alkanes of at least 4 members (excludes halogenated alkanes) is 6. The second kappa shape index (κ2) is 17.1. The molecule has 5 heteroatoms. The molecule has 0 bridgehead atoms. The highest BCUT2D eigenvalue weighted by Gasteiger charge is 2.53. The van der Waals surface area contributed by atoms with Crippen molar-refractivity contribution in [1.29, 1.82) is 0 Å². The molecule has 5 aromatic carbocycles. The van der Waals surface area contributed by atoms with Gasteiger partial charge in [-0.2, -0.15) is 0 Å². The smallest absolute Gasteiger partial charge is 0.160 e. The van der Waals surface area contributed by atoms with Crippen LogP contribution in [0, 0.1) is 13.8 Å². The Morgan fingerprint density at radius 3 is 1.43 bits per heavy atom. The van der Waals surface area contributed by atoms with Crippen molar-refractivity contribution < 1.29 is 9.59 Å². The highest BCUT2D eigenvalue weighted by Crippen LogP contribution is 2.66. The molecule has 0 N–H and O–H groups in total. The minimum atomic E-state index is -0.642. The molecule has 0 amide bonds. The van der Waals surface area contributed by atoms with Crippen LogP contribution in [0.2, 0.25) is 0 Å². The molecule has 316 valence electrons. The number of thiophene rings is 3. The molecule has 0 spiro atoms. The van der Waals surface area contributed by atoms with Gasteiger partial charge in [0.15, 0.2) is 12.6 Å². The van der Waals surface area contributed by atoms with Gasteiger partial charge in [-0.25, -0.2) is 0 Å². The highest BCUT2D eigenvalue weighted by atomic mass is 32.1. The normalized spacial score (nSPS) is 17.1. The van der Waals surface area contributed by atoms with Crippen molar-refractivity contribution in [3.8, 4) is 20.9 Å². The summed E-state index contributed by atoms with van der Waals surface area (Å²) in [7, 11) is 0. The van der Waals surface area contributed by atoms with Crippen molar-refractivity contribution >= 4 is 56.0 Å². The summed E-state index contributed by atoms with van der Waals surface area (Å²) >= 11 is 5.08. The minimum absolute atomic E-state index is 0.639. The standard InChI is InChI=1S/C58H54O2S3/c1-5-7-9-11-13-39-19-27-42(28-20-39)57(41-23-15-37(3)16-24-41)49-34-48-50(33-47(49)54-51(57)31-45(35-59)61-54)58(43-25-17-38(4)18-26-43,44-29-21-40(22-30-44)14-12-10-8-6-2)53-55(48)63-52-32-46(36-60)62-56(52)53/h15-36H,5-14H2,1-4H3. The van der Waals surface area contributed by atoms with E-state index >= 15 is 0 Å². The molecule has 10 rings (SSSR count). The summed E-state index contributed by atoms with van der Waals surface area (Å²) in [5.41, 5.74) is 16.2. The third-order valence-corrected chi connectivity index (χ3v) is 17.5. The lowest BCUT2D eigenvalue weighted by atomic mass is 9.65. The van der Waals surface area contributed by atoms with Crippen molar-refractivity contribution in [3.05, 3.63) is 198 Å². The fourth-order valence-corrected chi connectivity index (χ4v) is 14.5. The van der Waals surface area contributed by atoms with Gasteiger partial charge < -0.3 is 0 Å². The quantitative estimate of drug-likeness (QED) is 0.0716. The van der Waals surface area contributed by atoms with Gasteiger partial charge in [-0.1, -0.05) is 161 Å². The molecule has 0 saturated carbocycles. The Labute approximate surface area is 384 Å². The Morgan fingerprint density at radius 1 is 0.460 bits per heavy atom. The molecule has 2 aliphatic carbocycles. The second-order valence-electron chi connectivity index (χ2n) is 18.0. The van der Waals surface area contributed by atoms with Crippen molar-refractivity contribution in [2.75, 3.05) is 0 Å². The average Bonchev–Trinajstić information content (AvgIpc) is 4.11. The summed E-state index contributed by atoms with van der Waals surface area (Å²) in [6.45, 7) is 8.86. The maximum Gasteiger partial charge on any atom is 0.160 e. The number of hydrogen-bond donors (Lipinski definition) is 0. The summed E-state index contributed by atoms with van der Waals surface area (Å²) in [6.07, 6.45) is 14.1. The van der Waals surface area contributed by atoms with Gasteiger partial charge in [-0.15, -0.1) is 34.0 Å². The molecule has 3 aromatic heterocycles. The predicted molar refractivity (Wildman–Crippen MR) is 268 cm³/mol. The van der Waals surface area contributed by atoms with Crippen LogP contribution in [0.5, 0.6) is 0 Å². The lowest BCUT2D eigenvalue weighted by Crippen LogP contribution is -2.30. The number of carbonyl (C=O) groups excluding carboxylic acids is 2. The third-order valence-electron chi connectivity index (χ3n) is 14.0. The molecule has 8 aromatic rings. The fraction of sp³-hybridized carbons (Fsp3) is 0.276. The number of carbonyl (C=O) groups is 2. The number of aryl methyl sites for hydroxylation is 4. The van der Waals surface area contributed by atoms with E-state index in [0.29, 0.717) is 0 Å². The van der Waals surface area contributed by atoms with Gasteiger partial charge in [0.05, 0.1) is 25.3 Å². The highest BCUT2D eigenvalue weighted by molar-refractivity contribution is 7.30. The number of fused-ring (bicyclic) bond motifs is 8. The molecule has 2 nitrogen and oxygen atoms in total. The van der Waals surface area contributed by atoms with Crippen LogP contribution in [0.15, 0.2) is 121 Å². The van der Waals surface area contributed by atoms with E-state index in [4.69, 9.17) is 0 Å². The van der Waals surface area contributed by atoms with Gasteiger partial charge in [0.1, 0.15) is 0 Å². The van der Waals surface area contributed by atoms with Crippen LogP contribution in [0.4, 0.5) is 0 Å². The largest absolute Gasteiger partial charge is 0.297 e. The first-order chi connectivity index (χ1) is 30.8. The molecular formula is C58H54O2S3. The summed E-state index contributed by atoms with van der Waals surface area (Å²) in [6, 6.07) is 46.5. The van der Waals surface area contributed by atoms with Crippen LogP contribution < -0.4 is 0 Å². The van der Waals surface area contributed by atoms with E-state index in [1.807, 2.05) is 11.3 Å². The van der Waals surface area contributed by atoms with Gasteiger partial charge in [-0.05, 0) is 125 Å². The van der Waals surface area contributed by atoms with Gasteiger partial charge in [0.2, 0.25) is 0 Å². The summed E-state index contributed by atoms with van der Waals surface area (Å²) < 4.78 is 2.35. The molecule has 2 aliphatic rings. The molecule has 2 unspecified atom stereocenters. The van der Waals surface area contributed by atoms with E-state index < -0.39 is 10.8 Å². The Balaban J connectivity index is 1.26. The Kier molecular flexibility index (Phi) is 11.3. The number of hydrogen-bond acceptors (Lipinski definition) is 5. The Morgan fingerprint density at radius 2 is 0.921 bits per heavy atom. The third kappa shape index (κ3) is 6.76. The van der Waals surface area contributed by atoms with Gasteiger partial charge in [-0.3, -0.25) is 9.59 Å². The second-order valence-corrected chi connectivity index (χ2v) is 21.2. The molecule has 0 radical (unpaired) electrons. The lowest BCUT2D eigenvalue weighted by Gasteiger charge is -2.35. The first kappa shape index (κ1) is 41.8. The van der Waals surface area contributed by atoms with Gasteiger partial charge in [0.25, 0.3) is 0 Å². The molecule has 3 heterocycles. The molecule has 2 atom stereocenters. The number of aldehydes is 2. The predicted octanol–water partition coefficient (Wildman–Crippen LogP) is 16.2. The average molecular weight is 879 g/mol. The maximum absolute atomic E-state index is 12.8. The minimum Gasteiger partial charge on any atom is -0.297 e. The van der Waals surface area contributed by atoms with Crippen LogP contribution in [0.25, 0.3) is 30.3 Å². The summed E-state index contributed by atoms with van der Waals surface area (Å²) in [4.78, 5) is 29.2. The zero-order valence-electron chi connectivity index (χ0n) is 36.8. The summed E-state index contributed by atoms with van der Waals surface area (Å²) in [5, 5.41) is 0. The molecule has 0 saturated heterocycles. The van der Waals surface area contributed by atoms with E-state index in [-0.39, 0.29) is 0 Å². The first-order valence-electron chi connectivity index (χ1n) is 23.0. The molecule has 63 heavy (non-hydrogen) atoms. The topological polar surface area (TPSA) is 34.1 Å². The van der Waals surface area contributed by atoms with Crippen molar-refractivity contribution in [1.82, 2.24) is 0 Å². The summed E-state index contributed by atoms with van der Waals surface area (Å²) in [5.74, 6) is 0. The van der Waals surface area contributed by atoms with Gasteiger partial charge in [0, 0.05) is 20.0 Å². The zero-order valence-corrected chi connectivity index (χ0v) is 39.3. The number of rotatable bonds is 16. The molecular weight excluding hydrogens is 825 g/mol. The SMILES string of the molecule is CCCCCCc1ccc(C2(c3ccc(C)cc3)c3cc4c(cc3-c3sc(C=O)cc32)C(c2ccc(C)cc2)(c2ccc(CCCCCC)cc2)c2c-4sc3cc(C=O)sc23)cc1. The van der Waals surface area contributed by atoms with E-state index in [9.17, 15) is 9.59 Å². The zero-order chi connectivity index (χ0) is 43.3. The van der Waals surface area contributed by atoms with Crippen LogP contribution >= 0.6 is 34.0 Å². The van der Waals surface area contributed by atoms with Crippen LogP contribution in [0.3, 0.4) is 0 Å². The monoisotopic (exact) mass is 878 g/mol. The maximum atomic E-state index is 12.8.